The van der Waals surface area contributed by atoms with Gasteiger partial charge in [0.2, 0.25) is 0 Å². The first-order valence-electron chi connectivity index (χ1n) is 6.64. The van der Waals surface area contributed by atoms with Crippen LogP contribution >= 0.6 is 0 Å². The summed E-state index contributed by atoms with van der Waals surface area (Å²) in [6.07, 6.45) is 0.506. The highest BCUT2D eigenvalue weighted by atomic mass is 16.5. The molecule has 5 nitrogen and oxygen atoms in total. The Labute approximate surface area is 123 Å². The molecule has 0 atom stereocenters. The van der Waals surface area contributed by atoms with E-state index in [1.807, 2.05) is 24.3 Å². The SMILES string of the molecule is CNC(=O)c1ccc(Oc2ccccc2CCO)c(N)c1. The van der Waals surface area contributed by atoms with Gasteiger partial charge in [-0.3, -0.25) is 4.79 Å². The average molecular weight is 286 g/mol. The van der Waals surface area contributed by atoms with Gasteiger partial charge in [0, 0.05) is 19.2 Å². The molecule has 1 amide bonds. The molecule has 0 heterocycles. The van der Waals surface area contributed by atoms with Gasteiger partial charge in [0.15, 0.2) is 0 Å². The molecule has 2 aromatic carbocycles. The number of hydrogen-bond donors (Lipinski definition) is 3. The van der Waals surface area contributed by atoms with E-state index in [9.17, 15) is 4.79 Å². The number of anilines is 1. The Hall–Kier alpha value is -2.53. The lowest BCUT2D eigenvalue weighted by atomic mass is 10.1. The number of nitrogens with one attached hydrogen (secondary N) is 1. The van der Waals surface area contributed by atoms with E-state index in [1.165, 1.54) is 0 Å². The van der Waals surface area contributed by atoms with Crippen LogP contribution in [0.3, 0.4) is 0 Å². The second kappa shape index (κ2) is 6.76. The van der Waals surface area contributed by atoms with Crippen molar-refractivity contribution in [3.8, 4) is 11.5 Å². The summed E-state index contributed by atoms with van der Waals surface area (Å²) >= 11 is 0. The molecular weight excluding hydrogens is 268 g/mol. The zero-order valence-electron chi connectivity index (χ0n) is 11.8. The van der Waals surface area contributed by atoms with Crippen LogP contribution in [-0.2, 0) is 6.42 Å². The summed E-state index contributed by atoms with van der Waals surface area (Å²) in [5.41, 5.74) is 7.69. The molecule has 110 valence electrons. The van der Waals surface area contributed by atoms with E-state index in [0.717, 1.165) is 5.56 Å². The molecule has 0 unspecified atom stereocenters. The molecule has 5 heteroatoms. The fourth-order valence-corrected chi connectivity index (χ4v) is 1.98. The van der Waals surface area contributed by atoms with Crippen molar-refractivity contribution in [2.24, 2.45) is 0 Å². The van der Waals surface area contributed by atoms with E-state index >= 15 is 0 Å². The molecule has 0 saturated carbocycles. The normalized spacial score (nSPS) is 10.2. The summed E-state index contributed by atoms with van der Waals surface area (Å²) in [7, 11) is 1.56. The van der Waals surface area contributed by atoms with E-state index < -0.39 is 0 Å². The first-order valence-corrected chi connectivity index (χ1v) is 6.64. The Kier molecular flexibility index (Phi) is 4.79. The van der Waals surface area contributed by atoms with Gasteiger partial charge >= 0.3 is 0 Å². The van der Waals surface area contributed by atoms with Crippen LogP contribution in [0.15, 0.2) is 42.5 Å². The predicted molar refractivity (Wildman–Crippen MR) is 81.6 cm³/mol. The minimum atomic E-state index is -0.200. The molecule has 0 aliphatic carbocycles. The van der Waals surface area contributed by atoms with Crippen LogP contribution in [-0.4, -0.2) is 24.7 Å². The highest BCUT2D eigenvalue weighted by molar-refractivity contribution is 5.95. The number of nitrogens with two attached hydrogens (primary N) is 1. The highest BCUT2D eigenvalue weighted by Crippen LogP contribution is 2.30. The van der Waals surface area contributed by atoms with Gasteiger partial charge < -0.3 is 20.9 Å². The number of aliphatic hydroxyl groups excluding tert-OH is 1. The Morgan fingerprint density at radius 1 is 1.24 bits per heavy atom. The quantitative estimate of drug-likeness (QED) is 0.733. The molecule has 21 heavy (non-hydrogen) atoms. The smallest absolute Gasteiger partial charge is 0.251 e. The molecule has 0 radical (unpaired) electrons. The number of aliphatic hydroxyl groups is 1. The number of amides is 1. The zero-order chi connectivity index (χ0) is 15.2. The summed E-state index contributed by atoms with van der Waals surface area (Å²) in [5, 5.41) is 11.6. The lowest BCUT2D eigenvalue weighted by molar-refractivity contribution is 0.0963. The van der Waals surface area contributed by atoms with E-state index in [4.69, 9.17) is 15.6 Å². The summed E-state index contributed by atoms with van der Waals surface area (Å²) in [4.78, 5) is 11.5. The molecular formula is C16H18N2O3. The molecule has 2 rings (SSSR count). The standard InChI is InChI=1S/C16H18N2O3/c1-18-16(20)12-6-7-15(13(17)10-12)21-14-5-3-2-4-11(14)8-9-19/h2-7,10,19H,8-9,17H2,1H3,(H,18,20). The van der Waals surface area contributed by atoms with Gasteiger partial charge in [-0.2, -0.15) is 0 Å². The van der Waals surface area contributed by atoms with Crippen molar-refractivity contribution in [2.75, 3.05) is 19.4 Å². The summed E-state index contributed by atoms with van der Waals surface area (Å²) in [6.45, 7) is 0.0471. The number of benzene rings is 2. The Bertz CT molecular complexity index is 641. The van der Waals surface area contributed by atoms with Gasteiger partial charge in [-0.1, -0.05) is 18.2 Å². The number of carbonyl (C=O) groups excluding carboxylic acids is 1. The summed E-state index contributed by atoms with van der Waals surface area (Å²) in [6, 6.07) is 12.3. The van der Waals surface area contributed by atoms with E-state index in [0.29, 0.717) is 29.2 Å². The highest BCUT2D eigenvalue weighted by Gasteiger charge is 2.10. The van der Waals surface area contributed by atoms with Gasteiger partial charge in [-0.05, 0) is 36.2 Å². The molecule has 0 fully saturated rings. The maximum atomic E-state index is 11.5. The number of hydrogen-bond acceptors (Lipinski definition) is 4. The minimum absolute atomic E-state index is 0.0471. The number of carbonyl (C=O) groups is 1. The van der Waals surface area contributed by atoms with Crippen LogP contribution < -0.4 is 15.8 Å². The van der Waals surface area contributed by atoms with Crippen molar-refractivity contribution in [1.82, 2.24) is 5.32 Å². The molecule has 2 aromatic rings. The summed E-state index contributed by atoms with van der Waals surface area (Å²) < 4.78 is 5.79. The van der Waals surface area contributed by atoms with Gasteiger partial charge in [-0.15, -0.1) is 0 Å². The van der Waals surface area contributed by atoms with Gasteiger partial charge in [0.05, 0.1) is 5.69 Å². The molecule has 0 saturated heterocycles. The maximum Gasteiger partial charge on any atom is 0.251 e. The number of ether oxygens (including phenoxy) is 1. The van der Waals surface area contributed by atoms with Crippen LogP contribution in [0.4, 0.5) is 5.69 Å². The third kappa shape index (κ3) is 3.52. The second-order valence-corrected chi connectivity index (χ2v) is 4.52. The maximum absolute atomic E-state index is 11.5. The second-order valence-electron chi connectivity index (χ2n) is 4.52. The lowest BCUT2D eigenvalue weighted by Crippen LogP contribution is -2.17. The van der Waals surface area contributed by atoms with E-state index in [-0.39, 0.29) is 12.5 Å². The Morgan fingerprint density at radius 3 is 2.67 bits per heavy atom. The van der Waals surface area contributed by atoms with Crippen LogP contribution in [0, 0.1) is 0 Å². The predicted octanol–water partition coefficient (Wildman–Crippen LogP) is 1.96. The fraction of sp³-hybridized carbons (Fsp3) is 0.188. The van der Waals surface area contributed by atoms with Gasteiger partial charge in [-0.25, -0.2) is 0 Å². The van der Waals surface area contributed by atoms with Crippen molar-refractivity contribution < 1.29 is 14.6 Å². The third-order valence-corrected chi connectivity index (χ3v) is 3.07. The van der Waals surface area contributed by atoms with Crippen LogP contribution in [0.5, 0.6) is 11.5 Å². The molecule has 0 aliphatic heterocycles. The van der Waals surface area contributed by atoms with Gasteiger partial charge in [0.25, 0.3) is 5.91 Å². The minimum Gasteiger partial charge on any atom is -0.455 e. The molecule has 4 N–H and O–H groups in total. The topological polar surface area (TPSA) is 84.6 Å². The largest absolute Gasteiger partial charge is 0.455 e. The average Bonchev–Trinajstić information content (AvgIpc) is 2.50. The summed E-state index contributed by atoms with van der Waals surface area (Å²) in [5.74, 6) is 0.924. The van der Waals surface area contributed by atoms with Crippen molar-refractivity contribution in [1.29, 1.82) is 0 Å². The van der Waals surface area contributed by atoms with Crippen LogP contribution in [0.25, 0.3) is 0 Å². The number of para-hydroxylation sites is 1. The van der Waals surface area contributed by atoms with Crippen LogP contribution in [0.1, 0.15) is 15.9 Å². The number of rotatable bonds is 5. The van der Waals surface area contributed by atoms with Crippen molar-refractivity contribution in [3.05, 3.63) is 53.6 Å². The number of nitrogen functional groups attached to an aromatic ring is 1. The van der Waals surface area contributed by atoms with Crippen LogP contribution in [0.2, 0.25) is 0 Å². The fourth-order valence-electron chi connectivity index (χ4n) is 1.98. The molecule has 0 bridgehead atoms. The Balaban J connectivity index is 2.26. The molecule has 0 spiro atoms. The van der Waals surface area contributed by atoms with E-state index in [1.54, 1.807) is 25.2 Å². The zero-order valence-corrected chi connectivity index (χ0v) is 11.8. The van der Waals surface area contributed by atoms with Gasteiger partial charge in [0.1, 0.15) is 11.5 Å². The molecule has 0 aromatic heterocycles. The third-order valence-electron chi connectivity index (χ3n) is 3.07. The monoisotopic (exact) mass is 286 g/mol. The van der Waals surface area contributed by atoms with Crippen molar-refractivity contribution in [2.45, 2.75) is 6.42 Å². The molecule has 0 aliphatic rings. The lowest BCUT2D eigenvalue weighted by Gasteiger charge is -2.13. The first-order chi connectivity index (χ1) is 10.2. The Morgan fingerprint density at radius 2 is 2.00 bits per heavy atom. The van der Waals surface area contributed by atoms with Crippen molar-refractivity contribution in [3.63, 3.8) is 0 Å². The van der Waals surface area contributed by atoms with Crippen molar-refractivity contribution >= 4 is 11.6 Å². The van der Waals surface area contributed by atoms with E-state index in [2.05, 4.69) is 5.32 Å². The first kappa shape index (κ1) is 14.9.